The predicted octanol–water partition coefficient (Wildman–Crippen LogP) is 1.75. The summed E-state index contributed by atoms with van der Waals surface area (Å²) in [7, 11) is 0. The maximum atomic E-state index is 13.0. The maximum absolute atomic E-state index is 13.0. The monoisotopic (exact) mass is 345 g/mol. The van der Waals surface area contributed by atoms with Crippen LogP contribution in [0.5, 0.6) is 0 Å². The van der Waals surface area contributed by atoms with Crippen LogP contribution in [-0.2, 0) is 16.0 Å². The Morgan fingerprint density at radius 1 is 1.40 bits per heavy atom. The van der Waals surface area contributed by atoms with Gasteiger partial charge in [0.05, 0.1) is 24.9 Å². The average Bonchev–Trinajstić information content (AvgIpc) is 2.60. The molecule has 2 heterocycles. The molecule has 1 N–H and O–H groups in total. The van der Waals surface area contributed by atoms with Crippen molar-refractivity contribution in [1.29, 1.82) is 0 Å². The Labute approximate surface area is 144 Å². The van der Waals surface area contributed by atoms with Gasteiger partial charge in [0, 0.05) is 19.0 Å². The van der Waals surface area contributed by atoms with E-state index in [2.05, 4.69) is 9.97 Å². The molecular formula is C18H20FN3O3. The van der Waals surface area contributed by atoms with E-state index in [0.29, 0.717) is 44.1 Å². The average molecular weight is 345 g/mol. The summed E-state index contributed by atoms with van der Waals surface area (Å²) < 4.78 is 18.4. The van der Waals surface area contributed by atoms with Crippen molar-refractivity contribution in [3.8, 4) is 0 Å². The molecule has 1 atom stereocenters. The smallest absolute Gasteiger partial charge is 0.251 e. The molecule has 0 saturated carbocycles. The highest BCUT2D eigenvalue weighted by atomic mass is 19.1. The first kappa shape index (κ1) is 17.3. The maximum Gasteiger partial charge on any atom is 0.251 e. The Morgan fingerprint density at radius 2 is 2.16 bits per heavy atom. The van der Waals surface area contributed by atoms with E-state index in [1.807, 2.05) is 0 Å². The standard InChI is InChI=1S/C18H20FN3O3/c1-12-20-15(10-17(23)21-12)16-11-25-9-8-22(16)18(24)7-4-13-2-5-14(19)6-3-13/h2-3,5-6,10,16H,4,7-9,11H2,1H3,(H,20,21,23)/t16-/m1/s1. The van der Waals surface area contributed by atoms with Crippen molar-refractivity contribution >= 4 is 5.91 Å². The van der Waals surface area contributed by atoms with Crippen LogP contribution in [0.1, 0.15) is 29.5 Å². The molecule has 3 rings (SSSR count). The van der Waals surface area contributed by atoms with E-state index >= 15 is 0 Å². The van der Waals surface area contributed by atoms with Gasteiger partial charge in [0.15, 0.2) is 0 Å². The number of aromatic nitrogens is 2. The van der Waals surface area contributed by atoms with Crippen LogP contribution in [0, 0.1) is 12.7 Å². The van der Waals surface area contributed by atoms with Crippen LogP contribution in [0.4, 0.5) is 4.39 Å². The Hall–Kier alpha value is -2.54. The number of aromatic amines is 1. The second-order valence-electron chi connectivity index (χ2n) is 6.06. The molecule has 2 aromatic rings. The van der Waals surface area contributed by atoms with Crippen LogP contribution in [0.2, 0.25) is 0 Å². The zero-order valence-corrected chi connectivity index (χ0v) is 14.0. The molecule has 7 heteroatoms. The van der Waals surface area contributed by atoms with Gasteiger partial charge in [-0.3, -0.25) is 9.59 Å². The van der Waals surface area contributed by atoms with E-state index in [9.17, 15) is 14.0 Å². The van der Waals surface area contributed by atoms with Gasteiger partial charge in [0.2, 0.25) is 5.91 Å². The summed E-state index contributed by atoms with van der Waals surface area (Å²) in [6.07, 6.45) is 0.843. The third kappa shape index (κ3) is 4.30. The minimum atomic E-state index is -0.365. The number of carbonyl (C=O) groups excluding carboxylic acids is 1. The number of morpholine rings is 1. The lowest BCUT2D eigenvalue weighted by Gasteiger charge is -2.35. The van der Waals surface area contributed by atoms with Crippen molar-refractivity contribution in [2.75, 3.05) is 19.8 Å². The fourth-order valence-corrected chi connectivity index (χ4v) is 2.97. The Morgan fingerprint density at radius 3 is 2.88 bits per heavy atom. The number of nitrogens with zero attached hydrogens (tertiary/aromatic N) is 2. The van der Waals surface area contributed by atoms with E-state index in [-0.39, 0.29) is 23.3 Å². The SMILES string of the molecule is Cc1nc([C@H]2COCCN2C(=O)CCc2ccc(F)cc2)cc(=O)[nH]1. The van der Waals surface area contributed by atoms with Crippen molar-refractivity contribution in [2.45, 2.75) is 25.8 Å². The van der Waals surface area contributed by atoms with Crippen LogP contribution in [0.25, 0.3) is 0 Å². The van der Waals surface area contributed by atoms with Gasteiger partial charge in [-0.15, -0.1) is 0 Å². The molecule has 0 bridgehead atoms. The van der Waals surface area contributed by atoms with Crippen LogP contribution < -0.4 is 5.56 Å². The van der Waals surface area contributed by atoms with Crippen LogP contribution >= 0.6 is 0 Å². The summed E-state index contributed by atoms with van der Waals surface area (Å²) in [5, 5.41) is 0. The van der Waals surface area contributed by atoms with Gasteiger partial charge in [0.1, 0.15) is 11.6 Å². The van der Waals surface area contributed by atoms with E-state index in [4.69, 9.17) is 4.74 Å². The first-order valence-corrected chi connectivity index (χ1v) is 8.22. The van der Waals surface area contributed by atoms with Gasteiger partial charge in [-0.05, 0) is 31.0 Å². The summed E-state index contributed by atoms with van der Waals surface area (Å²) in [5.41, 5.74) is 1.20. The van der Waals surface area contributed by atoms with Crippen LogP contribution in [0.3, 0.4) is 0 Å². The number of hydrogen-bond acceptors (Lipinski definition) is 4. The molecule has 1 fully saturated rings. The molecular weight excluding hydrogens is 325 g/mol. The van der Waals surface area contributed by atoms with Gasteiger partial charge < -0.3 is 14.6 Å². The lowest BCUT2D eigenvalue weighted by Crippen LogP contribution is -2.44. The second-order valence-corrected chi connectivity index (χ2v) is 6.06. The third-order valence-electron chi connectivity index (χ3n) is 4.21. The van der Waals surface area contributed by atoms with Crippen molar-refractivity contribution in [3.63, 3.8) is 0 Å². The second kappa shape index (κ2) is 7.57. The predicted molar refractivity (Wildman–Crippen MR) is 89.6 cm³/mol. The number of H-pyrrole nitrogens is 1. The largest absolute Gasteiger partial charge is 0.377 e. The molecule has 1 aromatic heterocycles. The number of nitrogens with one attached hydrogen (secondary N) is 1. The highest BCUT2D eigenvalue weighted by Crippen LogP contribution is 2.23. The Balaban J connectivity index is 1.72. The minimum Gasteiger partial charge on any atom is -0.377 e. The molecule has 1 aromatic carbocycles. The first-order valence-electron chi connectivity index (χ1n) is 8.22. The minimum absolute atomic E-state index is 0.0302. The quantitative estimate of drug-likeness (QED) is 0.916. The zero-order valence-electron chi connectivity index (χ0n) is 14.0. The van der Waals surface area contributed by atoms with Gasteiger partial charge in [-0.2, -0.15) is 0 Å². The summed E-state index contributed by atoms with van der Waals surface area (Å²) >= 11 is 0. The van der Waals surface area contributed by atoms with E-state index in [1.165, 1.54) is 18.2 Å². The Bertz CT molecular complexity index is 804. The summed E-state index contributed by atoms with van der Waals surface area (Å²) in [4.78, 5) is 33.0. The molecule has 0 unspecified atom stereocenters. The fraction of sp³-hybridized carbons (Fsp3) is 0.389. The molecule has 6 nitrogen and oxygen atoms in total. The number of benzene rings is 1. The normalized spacial score (nSPS) is 17.5. The van der Waals surface area contributed by atoms with Crippen molar-refractivity contribution in [3.05, 3.63) is 63.6 Å². The molecule has 0 aliphatic carbocycles. The van der Waals surface area contributed by atoms with Gasteiger partial charge in [0.25, 0.3) is 5.56 Å². The molecule has 1 saturated heterocycles. The molecule has 132 valence electrons. The van der Waals surface area contributed by atoms with Crippen LogP contribution in [-0.4, -0.2) is 40.5 Å². The lowest BCUT2D eigenvalue weighted by atomic mass is 10.1. The van der Waals surface area contributed by atoms with Gasteiger partial charge in [-0.25, -0.2) is 9.37 Å². The number of aryl methyl sites for hydroxylation is 2. The van der Waals surface area contributed by atoms with Crippen LogP contribution in [0.15, 0.2) is 35.1 Å². The number of carbonyl (C=O) groups is 1. The topological polar surface area (TPSA) is 75.3 Å². The number of halogens is 1. The van der Waals surface area contributed by atoms with Gasteiger partial charge in [-0.1, -0.05) is 12.1 Å². The lowest BCUT2D eigenvalue weighted by molar-refractivity contribution is -0.140. The number of rotatable bonds is 4. The Kier molecular flexibility index (Phi) is 5.23. The summed E-state index contributed by atoms with van der Waals surface area (Å²) in [6, 6.07) is 7.19. The third-order valence-corrected chi connectivity index (χ3v) is 4.21. The highest BCUT2D eigenvalue weighted by Gasteiger charge is 2.29. The summed E-state index contributed by atoms with van der Waals surface area (Å²) in [5.74, 6) is 0.184. The number of ether oxygens (including phenoxy) is 1. The van der Waals surface area contributed by atoms with Crippen molar-refractivity contribution in [2.24, 2.45) is 0 Å². The van der Waals surface area contributed by atoms with Crippen molar-refractivity contribution < 1.29 is 13.9 Å². The molecule has 1 amide bonds. The number of amides is 1. The number of hydrogen-bond donors (Lipinski definition) is 1. The molecule has 25 heavy (non-hydrogen) atoms. The molecule has 1 aliphatic heterocycles. The first-order chi connectivity index (χ1) is 12.0. The molecule has 0 radical (unpaired) electrons. The fourth-order valence-electron chi connectivity index (χ4n) is 2.97. The van der Waals surface area contributed by atoms with E-state index < -0.39 is 0 Å². The van der Waals surface area contributed by atoms with Crippen molar-refractivity contribution in [1.82, 2.24) is 14.9 Å². The summed E-state index contributed by atoms with van der Waals surface area (Å²) in [6.45, 7) is 2.94. The van der Waals surface area contributed by atoms with E-state index in [1.54, 1.807) is 24.0 Å². The highest BCUT2D eigenvalue weighted by molar-refractivity contribution is 5.77. The zero-order chi connectivity index (χ0) is 17.8. The van der Waals surface area contributed by atoms with E-state index in [0.717, 1.165) is 5.56 Å². The van der Waals surface area contributed by atoms with Gasteiger partial charge >= 0.3 is 0 Å². The molecule has 0 spiro atoms. The molecule has 1 aliphatic rings.